The number of hydrogen-bond acceptors (Lipinski definition) is 3. The van der Waals surface area contributed by atoms with Gasteiger partial charge in [-0.3, -0.25) is 4.79 Å². The van der Waals surface area contributed by atoms with E-state index in [1.54, 1.807) is 19.1 Å². The zero-order valence-corrected chi connectivity index (χ0v) is 15.1. The van der Waals surface area contributed by atoms with Crippen LogP contribution in [0.15, 0.2) is 36.4 Å². The number of benzene rings is 2. The van der Waals surface area contributed by atoms with Crippen molar-refractivity contribution in [3.63, 3.8) is 0 Å². The van der Waals surface area contributed by atoms with Gasteiger partial charge in [0.25, 0.3) is 5.91 Å². The Morgan fingerprint density at radius 3 is 2.50 bits per heavy atom. The van der Waals surface area contributed by atoms with E-state index in [1.165, 1.54) is 5.56 Å². The molecule has 0 heterocycles. The Bertz CT molecular complexity index is 725. The number of amides is 1. The lowest BCUT2D eigenvalue weighted by atomic mass is 10.1. The number of likely N-dealkylation sites (N-methyl/N-ethyl adjacent to an activating group) is 1. The van der Waals surface area contributed by atoms with Crippen LogP contribution in [0.4, 0.5) is 0 Å². The van der Waals surface area contributed by atoms with Crippen LogP contribution in [-0.2, 0) is 11.3 Å². The van der Waals surface area contributed by atoms with Gasteiger partial charge in [-0.25, -0.2) is 0 Å². The van der Waals surface area contributed by atoms with Gasteiger partial charge in [0.15, 0.2) is 6.61 Å². The van der Waals surface area contributed by atoms with Crippen LogP contribution in [0, 0.1) is 20.8 Å². The number of carbonyl (C=O) groups excluding carboxylic acids is 1. The molecule has 0 saturated heterocycles. The van der Waals surface area contributed by atoms with Crippen LogP contribution in [0.25, 0.3) is 0 Å². The first-order valence-electron chi connectivity index (χ1n) is 7.99. The minimum absolute atomic E-state index is 0.0232. The number of aryl methyl sites for hydroxylation is 2. The predicted octanol–water partition coefficient (Wildman–Crippen LogP) is 3.66. The first-order valence-corrected chi connectivity index (χ1v) is 7.99. The van der Waals surface area contributed by atoms with E-state index in [0.29, 0.717) is 6.54 Å². The summed E-state index contributed by atoms with van der Waals surface area (Å²) in [4.78, 5) is 14.0. The fourth-order valence-electron chi connectivity index (χ4n) is 2.58. The van der Waals surface area contributed by atoms with Crippen LogP contribution in [-0.4, -0.2) is 31.6 Å². The van der Waals surface area contributed by atoms with Gasteiger partial charge >= 0.3 is 0 Å². The molecule has 0 bridgehead atoms. The number of hydrogen-bond donors (Lipinski definition) is 0. The lowest BCUT2D eigenvalue weighted by Gasteiger charge is -2.20. The normalized spacial score (nSPS) is 10.4. The smallest absolute Gasteiger partial charge is 0.260 e. The molecule has 0 atom stereocenters. The second-order valence-electron chi connectivity index (χ2n) is 6.06. The Hall–Kier alpha value is -2.49. The molecule has 4 nitrogen and oxygen atoms in total. The Balaban J connectivity index is 2.00. The molecule has 0 aliphatic carbocycles. The van der Waals surface area contributed by atoms with Crippen LogP contribution in [0.5, 0.6) is 11.5 Å². The fraction of sp³-hybridized carbons (Fsp3) is 0.350. The first-order chi connectivity index (χ1) is 11.4. The third-order valence-electron chi connectivity index (χ3n) is 4.14. The topological polar surface area (TPSA) is 38.8 Å². The van der Waals surface area contributed by atoms with E-state index in [4.69, 9.17) is 9.47 Å². The molecule has 0 fully saturated rings. The van der Waals surface area contributed by atoms with Gasteiger partial charge in [-0.15, -0.1) is 0 Å². The van der Waals surface area contributed by atoms with Gasteiger partial charge < -0.3 is 14.4 Å². The number of rotatable bonds is 6. The summed E-state index contributed by atoms with van der Waals surface area (Å²) in [6.45, 7) is 6.58. The average molecular weight is 327 g/mol. The van der Waals surface area contributed by atoms with Gasteiger partial charge in [-0.2, -0.15) is 0 Å². The average Bonchev–Trinajstić information content (AvgIpc) is 2.56. The Morgan fingerprint density at radius 2 is 1.79 bits per heavy atom. The summed E-state index contributed by atoms with van der Waals surface area (Å²) >= 11 is 0. The van der Waals surface area contributed by atoms with Crippen molar-refractivity contribution in [1.29, 1.82) is 0 Å². The molecular formula is C20H25NO3. The second-order valence-corrected chi connectivity index (χ2v) is 6.06. The summed E-state index contributed by atoms with van der Waals surface area (Å²) in [7, 11) is 3.40. The summed E-state index contributed by atoms with van der Waals surface area (Å²) in [6.07, 6.45) is 0. The monoisotopic (exact) mass is 327 g/mol. The van der Waals surface area contributed by atoms with Crippen LogP contribution in [0.2, 0.25) is 0 Å². The van der Waals surface area contributed by atoms with Crippen molar-refractivity contribution in [2.24, 2.45) is 0 Å². The lowest BCUT2D eigenvalue weighted by molar-refractivity contribution is -0.132. The minimum Gasteiger partial charge on any atom is -0.496 e. The third-order valence-corrected chi connectivity index (χ3v) is 4.14. The molecule has 0 aliphatic rings. The largest absolute Gasteiger partial charge is 0.496 e. The van der Waals surface area contributed by atoms with Crippen molar-refractivity contribution >= 4 is 5.91 Å². The van der Waals surface area contributed by atoms with Gasteiger partial charge in [0, 0.05) is 19.2 Å². The van der Waals surface area contributed by atoms with Gasteiger partial charge in [0.1, 0.15) is 11.5 Å². The standard InChI is InChI=1S/C20H25NO3/c1-14-10-15(2)16(3)19(11-14)24-13-20(22)21(4)12-17-8-6-7-9-18(17)23-5/h6-11H,12-13H2,1-5H3. The number of carbonyl (C=O) groups is 1. The number of nitrogens with zero attached hydrogens (tertiary/aromatic N) is 1. The number of ether oxygens (including phenoxy) is 2. The first kappa shape index (κ1) is 17.9. The van der Waals surface area contributed by atoms with Gasteiger partial charge in [0.2, 0.25) is 0 Å². The molecule has 2 aromatic rings. The van der Waals surface area contributed by atoms with E-state index < -0.39 is 0 Å². The molecule has 0 saturated carbocycles. The Morgan fingerprint density at radius 1 is 1.08 bits per heavy atom. The number of para-hydroxylation sites is 1. The fourth-order valence-corrected chi connectivity index (χ4v) is 2.58. The van der Waals surface area contributed by atoms with Gasteiger partial charge in [0.05, 0.1) is 7.11 Å². The lowest BCUT2D eigenvalue weighted by Crippen LogP contribution is -2.31. The molecule has 4 heteroatoms. The summed E-state index contributed by atoms with van der Waals surface area (Å²) < 4.78 is 11.1. The van der Waals surface area contributed by atoms with Crippen LogP contribution in [0.3, 0.4) is 0 Å². The molecule has 2 aromatic carbocycles. The molecule has 1 amide bonds. The van der Waals surface area contributed by atoms with E-state index in [-0.39, 0.29) is 12.5 Å². The van der Waals surface area contributed by atoms with E-state index in [1.807, 2.05) is 51.1 Å². The van der Waals surface area contributed by atoms with E-state index in [2.05, 4.69) is 6.07 Å². The zero-order valence-electron chi connectivity index (χ0n) is 15.1. The van der Waals surface area contributed by atoms with Crippen LogP contribution >= 0.6 is 0 Å². The molecule has 0 aliphatic heterocycles. The molecule has 24 heavy (non-hydrogen) atoms. The maximum atomic E-state index is 12.4. The molecule has 0 radical (unpaired) electrons. The second kappa shape index (κ2) is 7.86. The van der Waals surface area contributed by atoms with Crippen molar-refractivity contribution in [3.8, 4) is 11.5 Å². The van der Waals surface area contributed by atoms with Gasteiger partial charge in [-0.1, -0.05) is 24.3 Å². The minimum atomic E-state index is -0.0699. The van der Waals surface area contributed by atoms with Crippen molar-refractivity contribution in [1.82, 2.24) is 4.90 Å². The highest BCUT2D eigenvalue weighted by Crippen LogP contribution is 2.23. The highest BCUT2D eigenvalue weighted by atomic mass is 16.5. The quantitative estimate of drug-likeness (QED) is 0.813. The molecule has 0 N–H and O–H groups in total. The maximum absolute atomic E-state index is 12.4. The van der Waals surface area contributed by atoms with Crippen LogP contribution in [0.1, 0.15) is 22.3 Å². The maximum Gasteiger partial charge on any atom is 0.260 e. The highest BCUT2D eigenvalue weighted by Gasteiger charge is 2.13. The van der Waals surface area contributed by atoms with Crippen molar-refractivity contribution in [3.05, 3.63) is 58.7 Å². The zero-order chi connectivity index (χ0) is 17.7. The summed E-state index contributed by atoms with van der Waals surface area (Å²) in [5, 5.41) is 0. The third kappa shape index (κ3) is 4.28. The Labute approximate surface area is 144 Å². The van der Waals surface area contributed by atoms with Crippen molar-refractivity contribution < 1.29 is 14.3 Å². The van der Waals surface area contributed by atoms with Gasteiger partial charge in [-0.05, 0) is 49.6 Å². The molecule has 128 valence electrons. The van der Waals surface area contributed by atoms with E-state index in [9.17, 15) is 4.79 Å². The Kier molecular flexibility index (Phi) is 5.85. The number of methoxy groups -OCH3 is 1. The molecule has 2 rings (SSSR count). The van der Waals surface area contributed by atoms with Crippen molar-refractivity contribution in [2.45, 2.75) is 27.3 Å². The van der Waals surface area contributed by atoms with E-state index >= 15 is 0 Å². The van der Waals surface area contributed by atoms with Crippen molar-refractivity contribution in [2.75, 3.05) is 20.8 Å². The summed E-state index contributed by atoms with van der Waals surface area (Å²) in [6, 6.07) is 11.8. The molecule has 0 aromatic heterocycles. The highest BCUT2D eigenvalue weighted by molar-refractivity contribution is 5.77. The van der Waals surface area contributed by atoms with E-state index in [0.717, 1.165) is 28.2 Å². The molecular weight excluding hydrogens is 302 g/mol. The summed E-state index contributed by atoms with van der Waals surface area (Å²) in [5.41, 5.74) is 4.34. The molecule has 0 spiro atoms. The van der Waals surface area contributed by atoms with Crippen LogP contribution < -0.4 is 9.47 Å². The SMILES string of the molecule is COc1ccccc1CN(C)C(=O)COc1cc(C)cc(C)c1C. The predicted molar refractivity (Wildman–Crippen MR) is 95.6 cm³/mol. The molecule has 0 unspecified atom stereocenters. The summed E-state index contributed by atoms with van der Waals surface area (Å²) in [5.74, 6) is 1.48.